The molecule has 0 amide bonds. The predicted octanol–water partition coefficient (Wildman–Crippen LogP) is 0.901. The average molecular weight is 158 g/mol. The van der Waals surface area contributed by atoms with E-state index in [9.17, 15) is 0 Å². The molecule has 0 saturated heterocycles. The van der Waals surface area contributed by atoms with Gasteiger partial charge in [-0.15, -0.1) is 11.8 Å². The quantitative estimate of drug-likeness (QED) is 0.584. The molecule has 0 unspecified atom stereocenters. The lowest BCUT2D eigenvalue weighted by atomic mass is 10.6. The summed E-state index contributed by atoms with van der Waals surface area (Å²) in [5, 5.41) is 4.11. The van der Waals surface area contributed by atoms with Gasteiger partial charge in [0, 0.05) is 18.3 Å². The minimum absolute atomic E-state index is 0.720. The monoisotopic (exact) mass is 158 g/mol. The van der Waals surface area contributed by atoms with E-state index in [4.69, 9.17) is 5.73 Å². The minimum atomic E-state index is 0.720. The van der Waals surface area contributed by atoms with Gasteiger partial charge >= 0.3 is 0 Å². The van der Waals surface area contributed by atoms with Crippen molar-refractivity contribution in [1.29, 1.82) is 0 Å². The first-order valence-corrected chi connectivity index (χ1v) is 4.58. The second-order valence-corrected chi connectivity index (χ2v) is 3.76. The first-order valence-electron chi connectivity index (χ1n) is 3.59. The van der Waals surface area contributed by atoms with Crippen LogP contribution < -0.4 is 11.1 Å². The summed E-state index contributed by atoms with van der Waals surface area (Å²) in [6.07, 6.45) is 2.71. The molecule has 0 aromatic rings. The van der Waals surface area contributed by atoms with E-state index in [-0.39, 0.29) is 0 Å². The lowest BCUT2D eigenvalue weighted by Crippen LogP contribution is -2.19. The molecule has 0 heterocycles. The molecule has 1 aliphatic rings. The van der Waals surface area contributed by atoms with Crippen LogP contribution in [0, 0.1) is 0 Å². The topological polar surface area (TPSA) is 38.0 Å². The van der Waals surface area contributed by atoms with Gasteiger partial charge in [0.2, 0.25) is 0 Å². The van der Waals surface area contributed by atoms with Gasteiger partial charge in [-0.2, -0.15) is 0 Å². The van der Waals surface area contributed by atoms with Crippen molar-refractivity contribution in [2.45, 2.75) is 18.9 Å². The number of thioether (sulfide) groups is 1. The van der Waals surface area contributed by atoms with Gasteiger partial charge in [0.1, 0.15) is 0 Å². The Bertz CT molecular complexity index is 121. The Morgan fingerprint density at radius 3 is 2.90 bits per heavy atom. The first kappa shape index (κ1) is 7.95. The van der Waals surface area contributed by atoms with E-state index in [2.05, 4.69) is 11.9 Å². The number of hydrogen-bond donors (Lipinski definition) is 2. The van der Waals surface area contributed by atoms with Crippen molar-refractivity contribution in [1.82, 2.24) is 5.32 Å². The Balaban J connectivity index is 1.80. The van der Waals surface area contributed by atoms with Gasteiger partial charge < -0.3 is 11.1 Å². The molecule has 3 heteroatoms. The minimum Gasteiger partial charge on any atom is -0.394 e. The van der Waals surface area contributed by atoms with Gasteiger partial charge in [-0.3, -0.25) is 0 Å². The molecule has 0 aliphatic heterocycles. The fourth-order valence-corrected chi connectivity index (χ4v) is 1.21. The highest BCUT2D eigenvalue weighted by molar-refractivity contribution is 8.02. The van der Waals surface area contributed by atoms with Crippen LogP contribution in [0.5, 0.6) is 0 Å². The fourth-order valence-electron chi connectivity index (χ4n) is 0.733. The van der Waals surface area contributed by atoms with E-state index in [1.807, 2.05) is 0 Å². The van der Waals surface area contributed by atoms with Crippen molar-refractivity contribution in [2.75, 3.05) is 12.3 Å². The third-order valence-electron chi connectivity index (χ3n) is 1.40. The normalized spacial score (nSPS) is 17.2. The van der Waals surface area contributed by atoms with E-state index in [1.165, 1.54) is 12.8 Å². The van der Waals surface area contributed by atoms with Gasteiger partial charge in [-0.1, -0.05) is 6.58 Å². The van der Waals surface area contributed by atoms with Crippen molar-refractivity contribution in [3.8, 4) is 0 Å². The van der Waals surface area contributed by atoms with Crippen LogP contribution in [0.1, 0.15) is 12.8 Å². The lowest BCUT2D eigenvalue weighted by Gasteiger charge is -2.00. The number of nitrogens with one attached hydrogen (secondary N) is 1. The molecule has 3 N–H and O–H groups in total. The maximum absolute atomic E-state index is 5.37. The Labute approximate surface area is 66.2 Å². The smallest absolute Gasteiger partial charge is 0.0582 e. The zero-order chi connectivity index (χ0) is 7.40. The van der Waals surface area contributed by atoms with Crippen LogP contribution in [0.15, 0.2) is 11.6 Å². The maximum Gasteiger partial charge on any atom is 0.0582 e. The van der Waals surface area contributed by atoms with Gasteiger partial charge in [0.05, 0.1) is 5.03 Å². The summed E-state index contributed by atoms with van der Waals surface area (Å²) in [6.45, 7) is 4.66. The fraction of sp³-hybridized carbons (Fsp3) is 0.714. The molecule has 0 atom stereocenters. The van der Waals surface area contributed by atoms with Gasteiger partial charge in [0.25, 0.3) is 0 Å². The first-order chi connectivity index (χ1) is 4.79. The SMILES string of the molecule is C=C(N)SCCNC1CC1. The highest BCUT2D eigenvalue weighted by atomic mass is 32.2. The molecule has 58 valence electrons. The Morgan fingerprint density at radius 1 is 1.70 bits per heavy atom. The molecule has 0 spiro atoms. The summed E-state index contributed by atoms with van der Waals surface area (Å²) in [4.78, 5) is 0. The van der Waals surface area contributed by atoms with Crippen LogP contribution in [-0.2, 0) is 0 Å². The molecular weight excluding hydrogens is 144 g/mol. The van der Waals surface area contributed by atoms with E-state index in [0.717, 1.165) is 23.4 Å². The number of rotatable bonds is 5. The van der Waals surface area contributed by atoms with Gasteiger partial charge in [-0.25, -0.2) is 0 Å². The molecule has 1 rings (SSSR count). The van der Waals surface area contributed by atoms with Crippen LogP contribution in [0.25, 0.3) is 0 Å². The summed E-state index contributed by atoms with van der Waals surface area (Å²) < 4.78 is 0. The van der Waals surface area contributed by atoms with Crippen molar-refractivity contribution in [3.05, 3.63) is 11.6 Å². The Hall–Kier alpha value is -0.150. The van der Waals surface area contributed by atoms with Crippen molar-refractivity contribution in [3.63, 3.8) is 0 Å². The lowest BCUT2D eigenvalue weighted by molar-refractivity contribution is 0.726. The van der Waals surface area contributed by atoms with E-state index in [1.54, 1.807) is 11.8 Å². The summed E-state index contributed by atoms with van der Waals surface area (Å²) in [5.74, 6) is 1.05. The maximum atomic E-state index is 5.37. The number of hydrogen-bond acceptors (Lipinski definition) is 3. The summed E-state index contributed by atoms with van der Waals surface area (Å²) in [6, 6.07) is 0.812. The van der Waals surface area contributed by atoms with Gasteiger partial charge in [-0.05, 0) is 12.8 Å². The van der Waals surface area contributed by atoms with Crippen molar-refractivity contribution >= 4 is 11.8 Å². The Kier molecular flexibility index (Phi) is 3.09. The van der Waals surface area contributed by atoms with Crippen LogP contribution in [0.3, 0.4) is 0 Å². The second kappa shape index (κ2) is 3.88. The summed E-state index contributed by atoms with van der Waals surface area (Å²) >= 11 is 1.62. The van der Waals surface area contributed by atoms with Crippen LogP contribution in [0.2, 0.25) is 0 Å². The summed E-state index contributed by atoms with van der Waals surface area (Å²) in [5.41, 5.74) is 5.37. The van der Waals surface area contributed by atoms with Crippen LogP contribution in [-0.4, -0.2) is 18.3 Å². The standard InChI is InChI=1S/C7H14N2S/c1-6(8)10-5-4-9-7-2-3-7/h7,9H,1-5,8H2. The van der Waals surface area contributed by atoms with Gasteiger partial charge in [0.15, 0.2) is 0 Å². The molecule has 0 aromatic carbocycles. The highest BCUT2D eigenvalue weighted by Gasteiger charge is 2.19. The average Bonchev–Trinajstić information content (AvgIpc) is 2.62. The van der Waals surface area contributed by atoms with E-state index < -0.39 is 0 Å². The highest BCUT2D eigenvalue weighted by Crippen LogP contribution is 2.18. The molecule has 0 bridgehead atoms. The predicted molar refractivity (Wildman–Crippen MR) is 46.8 cm³/mol. The third kappa shape index (κ3) is 3.80. The molecule has 1 aliphatic carbocycles. The van der Waals surface area contributed by atoms with E-state index >= 15 is 0 Å². The Morgan fingerprint density at radius 2 is 2.40 bits per heavy atom. The van der Waals surface area contributed by atoms with Crippen LogP contribution in [0.4, 0.5) is 0 Å². The van der Waals surface area contributed by atoms with Crippen molar-refractivity contribution in [2.24, 2.45) is 5.73 Å². The largest absolute Gasteiger partial charge is 0.394 e. The third-order valence-corrected chi connectivity index (χ3v) is 2.18. The second-order valence-electron chi connectivity index (χ2n) is 2.54. The molecule has 1 fully saturated rings. The molecule has 0 aromatic heterocycles. The van der Waals surface area contributed by atoms with E-state index in [0.29, 0.717) is 0 Å². The summed E-state index contributed by atoms with van der Waals surface area (Å²) in [7, 11) is 0. The molecule has 10 heavy (non-hydrogen) atoms. The van der Waals surface area contributed by atoms with Crippen molar-refractivity contribution < 1.29 is 0 Å². The van der Waals surface area contributed by atoms with Crippen LogP contribution >= 0.6 is 11.8 Å². The zero-order valence-electron chi connectivity index (χ0n) is 6.10. The zero-order valence-corrected chi connectivity index (χ0v) is 6.91. The number of nitrogens with two attached hydrogens (primary N) is 1. The molecular formula is C7H14N2S. The molecule has 1 saturated carbocycles. The molecule has 2 nitrogen and oxygen atoms in total. The molecule has 0 radical (unpaired) electrons.